The van der Waals surface area contributed by atoms with E-state index < -0.39 is 0 Å². The number of aromatic hydroxyl groups is 2. The van der Waals surface area contributed by atoms with Crippen LogP contribution in [0, 0.1) is 0 Å². The van der Waals surface area contributed by atoms with Gasteiger partial charge in [-0.3, -0.25) is 9.69 Å². The van der Waals surface area contributed by atoms with Gasteiger partial charge in [0.1, 0.15) is 23.4 Å². The highest BCUT2D eigenvalue weighted by Gasteiger charge is 2.36. The van der Waals surface area contributed by atoms with E-state index in [1.807, 2.05) is 38.1 Å². The Labute approximate surface area is 215 Å². The van der Waals surface area contributed by atoms with E-state index in [0.29, 0.717) is 11.1 Å². The molecule has 6 rings (SSSR count). The van der Waals surface area contributed by atoms with Gasteiger partial charge in [-0.25, -0.2) is 0 Å². The van der Waals surface area contributed by atoms with Gasteiger partial charge in [0.05, 0.1) is 0 Å². The van der Waals surface area contributed by atoms with Crippen LogP contribution in [0.2, 0.25) is 0 Å². The predicted molar refractivity (Wildman–Crippen MR) is 145 cm³/mol. The molecule has 2 heterocycles. The first-order valence-electron chi connectivity index (χ1n) is 12.7. The molecule has 0 bridgehead atoms. The lowest BCUT2D eigenvalue weighted by atomic mass is 9.89. The fourth-order valence-corrected chi connectivity index (χ4v) is 5.98. The number of phenolic OH excluding ortho intramolecular Hbond substituents is 2. The zero-order chi connectivity index (χ0) is 25.2. The largest absolute Gasteiger partial charge is 0.508 e. The maximum absolute atomic E-state index is 13.7. The van der Waals surface area contributed by atoms with Crippen molar-refractivity contribution < 1.29 is 19.7 Å². The molecule has 5 nitrogen and oxygen atoms in total. The third-order valence-corrected chi connectivity index (χ3v) is 8.12. The average Bonchev–Trinajstić information content (AvgIpc) is 3.21. The quantitative estimate of drug-likeness (QED) is 0.283. The number of thiophene rings is 1. The van der Waals surface area contributed by atoms with Gasteiger partial charge >= 0.3 is 0 Å². The Bertz CT molecular complexity index is 1350. The number of hydrogen-bond donors (Lipinski definition) is 2. The predicted octanol–water partition coefficient (Wildman–Crippen LogP) is 6.85. The number of hydrogen-bond acceptors (Lipinski definition) is 6. The van der Waals surface area contributed by atoms with Gasteiger partial charge in [0.15, 0.2) is 5.78 Å². The normalized spacial score (nSPS) is 16.1. The highest BCUT2D eigenvalue weighted by molar-refractivity contribution is 7.22. The third-order valence-electron chi connectivity index (χ3n) is 6.92. The van der Waals surface area contributed by atoms with Crippen molar-refractivity contribution in [3.8, 4) is 27.7 Å². The van der Waals surface area contributed by atoms with Crippen LogP contribution in [0.3, 0.4) is 0 Å². The molecule has 3 aromatic carbocycles. The Morgan fingerprint density at radius 2 is 1.58 bits per heavy atom. The van der Waals surface area contributed by atoms with E-state index in [1.165, 1.54) is 30.6 Å². The zero-order valence-electron chi connectivity index (χ0n) is 20.6. The topological polar surface area (TPSA) is 70.0 Å². The smallest absolute Gasteiger partial charge is 0.195 e. The Hall–Kier alpha value is -3.35. The summed E-state index contributed by atoms with van der Waals surface area (Å²) in [5, 5.41) is 20.5. The molecule has 6 heteroatoms. The summed E-state index contributed by atoms with van der Waals surface area (Å²) >= 11 is 1.46. The molecule has 0 atom stereocenters. The molecule has 1 aromatic heterocycles. The van der Waals surface area contributed by atoms with Crippen molar-refractivity contribution >= 4 is 27.2 Å². The molecule has 1 aliphatic carbocycles. The number of fused-ring (bicyclic) bond motifs is 1. The number of rotatable bonds is 6. The van der Waals surface area contributed by atoms with Gasteiger partial charge in [-0.15, -0.1) is 11.3 Å². The van der Waals surface area contributed by atoms with Gasteiger partial charge in [0, 0.05) is 45.2 Å². The molecule has 2 N–H and O–H groups in total. The molecule has 1 aliphatic heterocycles. The lowest BCUT2D eigenvalue weighted by Crippen LogP contribution is -2.59. The standard InChI is InChI=1S/C28H25NO4S.C2H6/c30-20-8-4-18(5-9-20)28-26(24-13-10-21(31)14-25(24)34-28)27(32)17-6-11-22(12-7-17)33-23-15-29(16-23)19-2-1-3-19;1-2/h4-14,19,23,30-31H,1-3,15-16H2;1-2H3. The number of carbonyl (C=O) groups excluding carboxylic acids is 1. The summed E-state index contributed by atoms with van der Waals surface area (Å²) in [6, 6.07) is 20.1. The van der Waals surface area contributed by atoms with E-state index in [-0.39, 0.29) is 23.4 Å². The number of nitrogens with zero attached hydrogens (tertiary/aromatic N) is 1. The molecule has 0 unspecified atom stereocenters. The fraction of sp³-hybridized carbons (Fsp3) is 0.300. The first-order chi connectivity index (χ1) is 17.5. The molecule has 2 fully saturated rings. The van der Waals surface area contributed by atoms with E-state index in [1.54, 1.807) is 42.5 Å². The summed E-state index contributed by atoms with van der Waals surface area (Å²) in [6.07, 6.45) is 4.19. The first kappa shape index (κ1) is 24.3. The molecule has 0 spiro atoms. The lowest BCUT2D eigenvalue weighted by molar-refractivity contribution is -0.0308. The van der Waals surface area contributed by atoms with E-state index in [2.05, 4.69) is 4.90 Å². The van der Waals surface area contributed by atoms with Gasteiger partial charge < -0.3 is 14.9 Å². The van der Waals surface area contributed by atoms with Crippen LogP contribution in [0.15, 0.2) is 66.7 Å². The molecular weight excluding hydrogens is 470 g/mol. The highest BCUT2D eigenvalue weighted by Crippen LogP contribution is 2.41. The summed E-state index contributed by atoms with van der Waals surface area (Å²) in [5.74, 6) is 1.05. The monoisotopic (exact) mass is 501 g/mol. The van der Waals surface area contributed by atoms with Gasteiger partial charge in [-0.1, -0.05) is 20.3 Å². The Balaban J connectivity index is 0.00000130. The van der Waals surface area contributed by atoms with Gasteiger partial charge in [-0.2, -0.15) is 0 Å². The van der Waals surface area contributed by atoms with Gasteiger partial charge in [0.25, 0.3) is 0 Å². The van der Waals surface area contributed by atoms with Crippen LogP contribution in [0.25, 0.3) is 20.5 Å². The Morgan fingerprint density at radius 1 is 0.917 bits per heavy atom. The molecular formula is C30H31NO4S. The van der Waals surface area contributed by atoms with E-state index in [9.17, 15) is 15.0 Å². The van der Waals surface area contributed by atoms with Crippen LogP contribution in [-0.4, -0.2) is 46.1 Å². The minimum absolute atomic E-state index is 0.0774. The van der Waals surface area contributed by atoms with Crippen LogP contribution in [0.4, 0.5) is 0 Å². The number of ketones is 1. The van der Waals surface area contributed by atoms with Crippen LogP contribution in [0.5, 0.6) is 17.2 Å². The van der Waals surface area contributed by atoms with Crippen LogP contribution in [-0.2, 0) is 0 Å². The second-order valence-corrected chi connectivity index (χ2v) is 10.2. The van der Waals surface area contributed by atoms with Crippen molar-refractivity contribution in [2.24, 2.45) is 0 Å². The van der Waals surface area contributed by atoms with Crippen molar-refractivity contribution in [3.63, 3.8) is 0 Å². The third kappa shape index (κ3) is 4.71. The molecule has 4 aromatic rings. The Morgan fingerprint density at radius 3 is 2.22 bits per heavy atom. The molecule has 1 saturated heterocycles. The van der Waals surface area contributed by atoms with Crippen molar-refractivity contribution in [1.29, 1.82) is 0 Å². The number of benzene rings is 3. The second kappa shape index (κ2) is 10.3. The molecule has 0 radical (unpaired) electrons. The maximum atomic E-state index is 13.7. The van der Waals surface area contributed by atoms with Crippen molar-refractivity contribution in [2.45, 2.75) is 45.3 Å². The van der Waals surface area contributed by atoms with E-state index in [4.69, 9.17) is 4.74 Å². The Kier molecular flexibility index (Phi) is 6.99. The first-order valence-corrected chi connectivity index (χ1v) is 13.5. The molecule has 0 amide bonds. The van der Waals surface area contributed by atoms with Crippen molar-refractivity contribution in [3.05, 3.63) is 77.9 Å². The summed E-state index contributed by atoms with van der Waals surface area (Å²) in [5.41, 5.74) is 2.04. The summed E-state index contributed by atoms with van der Waals surface area (Å²) in [4.78, 5) is 17.0. The minimum Gasteiger partial charge on any atom is -0.508 e. The molecule has 2 aliphatic rings. The lowest BCUT2D eigenvalue weighted by Gasteiger charge is -2.47. The highest BCUT2D eigenvalue weighted by atomic mass is 32.1. The van der Waals surface area contributed by atoms with Gasteiger partial charge in [0.2, 0.25) is 0 Å². The number of carbonyl (C=O) groups is 1. The van der Waals surface area contributed by atoms with Crippen LogP contribution >= 0.6 is 11.3 Å². The number of phenols is 2. The molecule has 1 saturated carbocycles. The van der Waals surface area contributed by atoms with Crippen LogP contribution in [0.1, 0.15) is 49.0 Å². The second-order valence-electron chi connectivity index (χ2n) is 9.17. The summed E-state index contributed by atoms with van der Waals surface area (Å²) in [6.45, 7) is 5.96. The number of likely N-dealkylation sites (tertiary alicyclic amines) is 1. The zero-order valence-corrected chi connectivity index (χ0v) is 21.4. The average molecular weight is 502 g/mol. The molecule has 36 heavy (non-hydrogen) atoms. The minimum atomic E-state index is -0.0774. The maximum Gasteiger partial charge on any atom is 0.195 e. The number of ether oxygens (including phenoxy) is 1. The summed E-state index contributed by atoms with van der Waals surface area (Å²) in [7, 11) is 0. The fourth-order valence-electron chi connectivity index (χ4n) is 4.74. The van der Waals surface area contributed by atoms with E-state index in [0.717, 1.165) is 45.4 Å². The summed E-state index contributed by atoms with van der Waals surface area (Å²) < 4.78 is 6.95. The SMILES string of the molecule is CC.O=C(c1ccc(OC2CN(C3CCC3)C2)cc1)c1c(-c2ccc(O)cc2)sc2cc(O)ccc12. The van der Waals surface area contributed by atoms with Crippen molar-refractivity contribution in [1.82, 2.24) is 4.90 Å². The van der Waals surface area contributed by atoms with Gasteiger partial charge in [-0.05, 0) is 85.1 Å². The van der Waals surface area contributed by atoms with E-state index >= 15 is 0 Å². The van der Waals surface area contributed by atoms with Crippen molar-refractivity contribution in [2.75, 3.05) is 13.1 Å². The molecule has 186 valence electrons. The van der Waals surface area contributed by atoms with Crippen LogP contribution < -0.4 is 4.74 Å².